The lowest BCUT2D eigenvalue weighted by atomic mass is 10.0. The van der Waals surface area contributed by atoms with Gasteiger partial charge >= 0.3 is 0 Å². The molecule has 0 amide bonds. The van der Waals surface area contributed by atoms with Crippen LogP contribution in [-0.4, -0.2) is 19.9 Å². The Labute approximate surface area is 113 Å². The molecule has 2 aromatic carbocycles. The van der Waals surface area contributed by atoms with Crippen LogP contribution in [0.15, 0.2) is 53.7 Å². The van der Waals surface area contributed by atoms with Crippen LogP contribution in [0.25, 0.3) is 11.1 Å². The second kappa shape index (κ2) is 6.59. The van der Waals surface area contributed by atoms with Gasteiger partial charge in [-0.3, -0.25) is 0 Å². The summed E-state index contributed by atoms with van der Waals surface area (Å²) in [5.41, 5.74) is 3.27. The first-order valence-electron chi connectivity index (χ1n) is 6.24. The molecule has 0 saturated heterocycles. The summed E-state index contributed by atoms with van der Waals surface area (Å²) in [5, 5.41) is 3.93. The van der Waals surface area contributed by atoms with E-state index in [1.165, 1.54) is 0 Å². The average molecular weight is 255 g/mol. The summed E-state index contributed by atoms with van der Waals surface area (Å²) >= 11 is 0. The Kier molecular flexibility index (Phi) is 4.56. The molecule has 0 aliphatic rings. The summed E-state index contributed by atoms with van der Waals surface area (Å²) in [6, 6.07) is 16.0. The van der Waals surface area contributed by atoms with E-state index in [1.54, 1.807) is 13.3 Å². The number of ether oxygens (including phenoxy) is 1. The maximum Gasteiger partial charge on any atom is 0.118 e. The first kappa shape index (κ1) is 13.1. The molecule has 19 heavy (non-hydrogen) atoms. The van der Waals surface area contributed by atoms with Crippen LogP contribution in [0.3, 0.4) is 0 Å². The van der Waals surface area contributed by atoms with Crippen molar-refractivity contribution in [1.82, 2.24) is 0 Å². The van der Waals surface area contributed by atoms with Gasteiger partial charge in [-0.05, 0) is 30.2 Å². The van der Waals surface area contributed by atoms with Gasteiger partial charge in [-0.25, -0.2) is 0 Å². The first-order valence-corrected chi connectivity index (χ1v) is 6.24. The summed E-state index contributed by atoms with van der Waals surface area (Å²) in [5.74, 6) is 0.851. The fourth-order valence-electron chi connectivity index (χ4n) is 1.81. The monoisotopic (exact) mass is 255 g/mol. The van der Waals surface area contributed by atoms with Crippen molar-refractivity contribution in [1.29, 1.82) is 0 Å². The molecule has 0 N–H and O–H groups in total. The Bertz CT molecular complexity index is 547. The standard InChI is InChI=1S/C16H17NO2/c1-3-19-17-12-14-6-4-5-7-16(14)13-8-10-15(18-2)11-9-13/h4-12H,3H2,1-2H3/b17-12+. The van der Waals surface area contributed by atoms with E-state index in [-0.39, 0.29) is 0 Å². The predicted octanol–water partition coefficient (Wildman–Crippen LogP) is 3.73. The maximum atomic E-state index is 5.17. The van der Waals surface area contributed by atoms with Crippen molar-refractivity contribution in [3.8, 4) is 16.9 Å². The molecule has 0 saturated carbocycles. The van der Waals surface area contributed by atoms with Crippen molar-refractivity contribution in [3.05, 3.63) is 54.1 Å². The number of nitrogens with zero attached hydrogens (tertiary/aromatic N) is 1. The molecule has 3 nitrogen and oxygen atoms in total. The van der Waals surface area contributed by atoms with Crippen LogP contribution in [0.5, 0.6) is 5.75 Å². The number of benzene rings is 2. The van der Waals surface area contributed by atoms with Gasteiger partial charge in [0.2, 0.25) is 0 Å². The molecule has 0 aliphatic heterocycles. The molecule has 2 aromatic rings. The van der Waals surface area contributed by atoms with Gasteiger partial charge in [-0.2, -0.15) is 0 Å². The largest absolute Gasteiger partial charge is 0.497 e. The fourth-order valence-corrected chi connectivity index (χ4v) is 1.81. The highest BCUT2D eigenvalue weighted by atomic mass is 16.6. The van der Waals surface area contributed by atoms with E-state index in [0.29, 0.717) is 6.61 Å². The Hall–Kier alpha value is -2.29. The smallest absolute Gasteiger partial charge is 0.118 e. The Morgan fingerprint density at radius 1 is 1.05 bits per heavy atom. The lowest BCUT2D eigenvalue weighted by molar-refractivity contribution is 0.160. The van der Waals surface area contributed by atoms with E-state index in [0.717, 1.165) is 22.4 Å². The van der Waals surface area contributed by atoms with Crippen molar-refractivity contribution in [2.24, 2.45) is 5.16 Å². The quantitative estimate of drug-likeness (QED) is 0.602. The number of oxime groups is 1. The maximum absolute atomic E-state index is 5.17. The minimum absolute atomic E-state index is 0.571. The SMILES string of the molecule is CCO/N=C/c1ccccc1-c1ccc(OC)cc1. The van der Waals surface area contributed by atoms with E-state index >= 15 is 0 Å². The van der Waals surface area contributed by atoms with Gasteiger partial charge in [0, 0.05) is 5.56 Å². The lowest BCUT2D eigenvalue weighted by Gasteiger charge is -2.07. The van der Waals surface area contributed by atoms with Crippen molar-refractivity contribution in [3.63, 3.8) is 0 Å². The molecule has 0 heterocycles. The summed E-state index contributed by atoms with van der Waals surface area (Å²) in [6.07, 6.45) is 1.74. The van der Waals surface area contributed by atoms with Gasteiger partial charge in [0.1, 0.15) is 12.4 Å². The topological polar surface area (TPSA) is 30.8 Å². The summed E-state index contributed by atoms with van der Waals surface area (Å²) in [7, 11) is 1.66. The summed E-state index contributed by atoms with van der Waals surface area (Å²) in [6.45, 7) is 2.48. The zero-order chi connectivity index (χ0) is 13.5. The zero-order valence-electron chi connectivity index (χ0n) is 11.2. The third-order valence-electron chi connectivity index (χ3n) is 2.76. The number of hydrogen-bond donors (Lipinski definition) is 0. The molecule has 0 unspecified atom stereocenters. The number of rotatable bonds is 5. The van der Waals surface area contributed by atoms with Crippen LogP contribution in [0, 0.1) is 0 Å². The highest BCUT2D eigenvalue weighted by molar-refractivity contribution is 5.90. The molecular formula is C16H17NO2. The summed E-state index contributed by atoms with van der Waals surface area (Å²) in [4.78, 5) is 5.01. The summed E-state index contributed by atoms with van der Waals surface area (Å²) < 4.78 is 5.17. The minimum Gasteiger partial charge on any atom is -0.497 e. The fraction of sp³-hybridized carbons (Fsp3) is 0.188. The van der Waals surface area contributed by atoms with Crippen LogP contribution in [-0.2, 0) is 4.84 Å². The highest BCUT2D eigenvalue weighted by Crippen LogP contribution is 2.24. The average Bonchev–Trinajstić information content (AvgIpc) is 2.48. The van der Waals surface area contributed by atoms with Gasteiger partial charge < -0.3 is 9.57 Å². The van der Waals surface area contributed by atoms with Crippen molar-refractivity contribution >= 4 is 6.21 Å². The third kappa shape index (κ3) is 3.35. The minimum atomic E-state index is 0.571. The molecule has 3 heteroatoms. The molecule has 0 bridgehead atoms. The normalized spacial score (nSPS) is 10.6. The van der Waals surface area contributed by atoms with Gasteiger partial charge in [-0.1, -0.05) is 41.6 Å². The van der Waals surface area contributed by atoms with Crippen LogP contribution in [0.2, 0.25) is 0 Å². The zero-order valence-corrected chi connectivity index (χ0v) is 11.2. The molecule has 98 valence electrons. The third-order valence-corrected chi connectivity index (χ3v) is 2.76. The van der Waals surface area contributed by atoms with Crippen LogP contribution >= 0.6 is 0 Å². The van der Waals surface area contributed by atoms with E-state index in [2.05, 4.69) is 11.2 Å². The molecule has 2 rings (SSSR count). The molecule has 0 atom stereocenters. The van der Waals surface area contributed by atoms with Gasteiger partial charge in [0.15, 0.2) is 0 Å². The van der Waals surface area contributed by atoms with Crippen molar-refractivity contribution in [2.45, 2.75) is 6.92 Å². The molecule has 0 fully saturated rings. The predicted molar refractivity (Wildman–Crippen MR) is 77.7 cm³/mol. The van der Waals surface area contributed by atoms with E-state index in [1.807, 2.05) is 49.4 Å². The van der Waals surface area contributed by atoms with Gasteiger partial charge in [-0.15, -0.1) is 0 Å². The van der Waals surface area contributed by atoms with E-state index < -0.39 is 0 Å². The Morgan fingerprint density at radius 3 is 2.47 bits per heavy atom. The molecule has 0 aromatic heterocycles. The molecule has 0 spiro atoms. The van der Waals surface area contributed by atoms with E-state index in [4.69, 9.17) is 9.57 Å². The second-order valence-electron chi connectivity index (χ2n) is 3.97. The van der Waals surface area contributed by atoms with Gasteiger partial charge in [0.25, 0.3) is 0 Å². The second-order valence-corrected chi connectivity index (χ2v) is 3.97. The lowest BCUT2D eigenvalue weighted by Crippen LogP contribution is -1.90. The van der Waals surface area contributed by atoms with Crippen LogP contribution in [0.1, 0.15) is 12.5 Å². The number of hydrogen-bond acceptors (Lipinski definition) is 3. The molecular weight excluding hydrogens is 238 g/mol. The van der Waals surface area contributed by atoms with Crippen molar-refractivity contribution < 1.29 is 9.57 Å². The van der Waals surface area contributed by atoms with Crippen LogP contribution < -0.4 is 4.74 Å². The van der Waals surface area contributed by atoms with E-state index in [9.17, 15) is 0 Å². The first-order chi connectivity index (χ1) is 9.35. The highest BCUT2D eigenvalue weighted by Gasteiger charge is 2.03. The Balaban J connectivity index is 2.32. The van der Waals surface area contributed by atoms with Crippen LogP contribution in [0.4, 0.5) is 0 Å². The number of methoxy groups -OCH3 is 1. The molecule has 0 aliphatic carbocycles. The van der Waals surface area contributed by atoms with Gasteiger partial charge in [0.05, 0.1) is 13.3 Å². The van der Waals surface area contributed by atoms with Crippen molar-refractivity contribution in [2.75, 3.05) is 13.7 Å². The Morgan fingerprint density at radius 2 is 1.79 bits per heavy atom. The molecule has 0 radical (unpaired) electrons.